The number of ether oxygens (including phenoxy) is 1. The summed E-state index contributed by atoms with van der Waals surface area (Å²) in [7, 11) is 2.19. The first-order valence-electron chi connectivity index (χ1n) is 5.97. The Labute approximate surface area is 115 Å². The third kappa shape index (κ3) is 4.67. The van der Waals surface area contributed by atoms with Crippen molar-refractivity contribution in [3.05, 3.63) is 20.8 Å². The van der Waals surface area contributed by atoms with Crippen molar-refractivity contribution in [2.24, 2.45) is 0 Å². The van der Waals surface area contributed by atoms with Crippen LogP contribution in [0.3, 0.4) is 0 Å². The maximum absolute atomic E-state index is 5.35. The predicted octanol–water partition coefficient (Wildman–Crippen LogP) is 2.27. The van der Waals surface area contributed by atoms with Gasteiger partial charge in [0.2, 0.25) is 0 Å². The molecular formula is C12H19BrN2OS. The number of halogens is 1. The normalized spacial score (nSPS) is 17.8. The van der Waals surface area contributed by atoms with Crippen LogP contribution in [0.2, 0.25) is 0 Å². The zero-order valence-electron chi connectivity index (χ0n) is 10.2. The molecule has 0 aromatic carbocycles. The highest BCUT2D eigenvalue weighted by molar-refractivity contribution is 9.11. The van der Waals surface area contributed by atoms with E-state index in [0.29, 0.717) is 0 Å². The zero-order valence-corrected chi connectivity index (χ0v) is 12.6. The molecule has 0 spiro atoms. The fourth-order valence-electron chi connectivity index (χ4n) is 1.92. The van der Waals surface area contributed by atoms with Crippen molar-refractivity contribution in [1.29, 1.82) is 0 Å². The summed E-state index contributed by atoms with van der Waals surface area (Å²) in [5.74, 6) is 0. The van der Waals surface area contributed by atoms with E-state index in [0.717, 1.165) is 45.9 Å². The van der Waals surface area contributed by atoms with Gasteiger partial charge in [0, 0.05) is 37.6 Å². The smallest absolute Gasteiger partial charge is 0.0701 e. The maximum Gasteiger partial charge on any atom is 0.0701 e. The molecule has 0 N–H and O–H groups in total. The maximum atomic E-state index is 5.35. The molecule has 0 unspecified atom stereocenters. The second kappa shape index (κ2) is 6.85. The monoisotopic (exact) mass is 318 g/mol. The Kier molecular flexibility index (Phi) is 5.44. The molecule has 2 heterocycles. The van der Waals surface area contributed by atoms with Gasteiger partial charge in [0.1, 0.15) is 0 Å². The van der Waals surface area contributed by atoms with Crippen molar-refractivity contribution in [2.45, 2.75) is 6.54 Å². The van der Waals surface area contributed by atoms with E-state index in [1.54, 1.807) is 0 Å². The molecular weight excluding hydrogens is 300 g/mol. The van der Waals surface area contributed by atoms with Gasteiger partial charge in [-0.1, -0.05) is 0 Å². The number of hydrogen-bond donors (Lipinski definition) is 0. The quantitative estimate of drug-likeness (QED) is 0.828. The standard InChI is InChI=1S/C12H19BrN2OS/c1-14(10-11-2-3-12(13)17-11)4-5-15-6-8-16-9-7-15/h2-3H,4-10H2,1H3. The van der Waals surface area contributed by atoms with E-state index in [1.165, 1.54) is 8.66 Å². The summed E-state index contributed by atoms with van der Waals surface area (Å²) in [5.41, 5.74) is 0. The van der Waals surface area contributed by atoms with Crippen molar-refractivity contribution in [2.75, 3.05) is 46.4 Å². The molecule has 0 radical (unpaired) electrons. The predicted molar refractivity (Wildman–Crippen MR) is 75.6 cm³/mol. The number of hydrogen-bond acceptors (Lipinski definition) is 4. The van der Waals surface area contributed by atoms with Gasteiger partial charge >= 0.3 is 0 Å². The first-order valence-corrected chi connectivity index (χ1v) is 7.58. The Morgan fingerprint density at radius 3 is 2.82 bits per heavy atom. The molecule has 0 aliphatic carbocycles. The van der Waals surface area contributed by atoms with Gasteiger partial charge in [-0.2, -0.15) is 0 Å². The average Bonchev–Trinajstić information content (AvgIpc) is 2.73. The molecule has 0 bridgehead atoms. The minimum absolute atomic E-state index is 0.890. The molecule has 1 aliphatic heterocycles. The second-order valence-electron chi connectivity index (χ2n) is 4.40. The third-order valence-corrected chi connectivity index (χ3v) is 4.56. The Balaban J connectivity index is 1.68. The van der Waals surface area contributed by atoms with E-state index >= 15 is 0 Å². The van der Waals surface area contributed by atoms with Crippen molar-refractivity contribution in [3.63, 3.8) is 0 Å². The lowest BCUT2D eigenvalue weighted by molar-refractivity contribution is 0.0342. The van der Waals surface area contributed by atoms with E-state index in [-0.39, 0.29) is 0 Å². The molecule has 17 heavy (non-hydrogen) atoms. The SMILES string of the molecule is CN(CCN1CCOCC1)Cc1ccc(Br)s1. The van der Waals surface area contributed by atoms with Gasteiger partial charge < -0.3 is 9.64 Å². The first kappa shape index (κ1) is 13.5. The van der Waals surface area contributed by atoms with Gasteiger partial charge in [-0.25, -0.2) is 0 Å². The molecule has 0 saturated carbocycles. The molecule has 1 aliphatic rings. The number of thiophene rings is 1. The molecule has 2 rings (SSSR count). The van der Waals surface area contributed by atoms with Crippen LogP contribution in [0, 0.1) is 0 Å². The Hall–Kier alpha value is 0.0600. The fourth-order valence-corrected chi connectivity index (χ4v) is 3.48. The lowest BCUT2D eigenvalue weighted by atomic mass is 10.4. The van der Waals surface area contributed by atoms with Crippen molar-refractivity contribution in [1.82, 2.24) is 9.80 Å². The number of likely N-dealkylation sites (N-methyl/N-ethyl adjacent to an activating group) is 1. The van der Waals surface area contributed by atoms with Crippen LogP contribution in [0.4, 0.5) is 0 Å². The number of rotatable bonds is 5. The molecule has 1 aromatic rings. The van der Waals surface area contributed by atoms with Crippen LogP contribution in [0.1, 0.15) is 4.88 Å². The van der Waals surface area contributed by atoms with Crippen LogP contribution in [0.5, 0.6) is 0 Å². The minimum Gasteiger partial charge on any atom is -0.379 e. The molecule has 1 fully saturated rings. The fraction of sp³-hybridized carbons (Fsp3) is 0.667. The Bertz CT molecular complexity index is 339. The average molecular weight is 319 g/mol. The molecule has 1 saturated heterocycles. The summed E-state index contributed by atoms with van der Waals surface area (Å²) < 4.78 is 6.56. The molecule has 0 atom stereocenters. The summed E-state index contributed by atoms with van der Waals surface area (Å²) in [6.07, 6.45) is 0. The van der Waals surface area contributed by atoms with Crippen LogP contribution >= 0.6 is 27.3 Å². The van der Waals surface area contributed by atoms with Crippen molar-refractivity contribution in [3.8, 4) is 0 Å². The number of morpholine rings is 1. The molecule has 96 valence electrons. The highest BCUT2D eigenvalue weighted by Crippen LogP contribution is 2.22. The Morgan fingerprint density at radius 1 is 1.41 bits per heavy atom. The topological polar surface area (TPSA) is 15.7 Å². The highest BCUT2D eigenvalue weighted by Gasteiger charge is 2.11. The van der Waals surface area contributed by atoms with Gasteiger partial charge in [-0.05, 0) is 35.1 Å². The van der Waals surface area contributed by atoms with Crippen LogP contribution in [0.25, 0.3) is 0 Å². The summed E-state index contributed by atoms with van der Waals surface area (Å²) in [6, 6.07) is 4.32. The van der Waals surface area contributed by atoms with E-state index in [4.69, 9.17) is 4.74 Å². The number of nitrogens with zero attached hydrogens (tertiary/aromatic N) is 2. The van der Waals surface area contributed by atoms with Crippen molar-refractivity contribution >= 4 is 27.3 Å². The van der Waals surface area contributed by atoms with Crippen LogP contribution in [0.15, 0.2) is 15.9 Å². The molecule has 3 nitrogen and oxygen atoms in total. The minimum atomic E-state index is 0.890. The van der Waals surface area contributed by atoms with E-state index in [2.05, 4.69) is 44.9 Å². The lowest BCUT2D eigenvalue weighted by Crippen LogP contribution is -2.40. The molecule has 1 aromatic heterocycles. The van der Waals surface area contributed by atoms with E-state index in [9.17, 15) is 0 Å². The van der Waals surface area contributed by atoms with Gasteiger partial charge in [0.25, 0.3) is 0 Å². The van der Waals surface area contributed by atoms with Gasteiger partial charge in [-0.3, -0.25) is 4.90 Å². The highest BCUT2D eigenvalue weighted by atomic mass is 79.9. The van der Waals surface area contributed by atoms with E-state index < -0.39 is 0 Å². The zero-order chi connectivity index (χ0) is 12.1. The van der Waals surface area contributed by atoms with E-state index in [1.807, 2.05) is 11.3 Å². The second-order valence-corrected chi connectivity index (χ2v) is 6.95. The van der Waals surface area contributed by atoms with Gasteiger partial charge in [0.15, 0.2) is 0 Å². The van der Waals surface area contributed by atoms with Gasteiger partial charge in [0.05, 0.1) is 17.0 Å². The van der Waals surface area contributed by atoms with Crippen LogP contribution < -0.4 is 0 Å². The lowest BCUT2D eigenvalue weighted by Gasteiger charge is -2.28. The third-order valence-electron chi connectivity index (χ3n) is 2.96. The van der Waals surface area contributed by atoms with Crippen LogP contribution in [-0.2, 0) is 11.3 Å². The summed E-state index contributed by atoms with van der Waals surface area (Å²) in [6.45, 7) is 7.25. The summed E-state index contributed by atoms with van der Waals surface area (Å²) >= 11 is 5.32. The van der Waals surface area contributed by atoms with Gasteiger partial charge in [-0.15, -0.1) is 11.3 Å². The van der Waals surface area contributed by atoms with Crippen LogP contribution in [-0.4, -0.2) is 56.2 Å². The summed E-state index contributed by atoms with van der Waals surface area (Å²) in [4.78, 5) is 6.28. The van der Waals surface area contributed by atoms with Crippen molar-refractivity contribution < 1.29 is 4.74 Å². The molecule has 0 amide bonds. The Morgan fingerprint density at radius 2 is 2.18 bits per heavy atom. The largest absolute Gasteiger partial charge is 0.379 e. The summed E-state index contributed by atoms with van der Waals surface area (Å²) in [5, 5.41) is 0. The molecule has 5 heteroatoms. The first-order chi connectivity index (χ1) is 8.24.